The molecule has 3 amide bonds. The van der Waals surface area contributed by atoms with E-state index in [1.54, 1.807) is 49.5 Å². The number of likely N-dealkylation sites (N-methyl/N-ethyl adjacent to an activating group) is 1. The Kier molecular flexibility index (Phi) is 7.60. The molecule has 7 nitrogen and oxygen atoms in total. The van der Waals surface area contributed by atoms with Crippen LogP contribution in [0.3, 0.4) is 0 Å². The summed E-state index contributed by atoms with van der Waals surface area (Å²) in [4.78, 5) is 37.4. The number of carbonyl (C=O) groups excluding carboxylic acids is 3. The fourth-order valence-corrected chi connectivity index (χ4v) is 2.58. The Morgan fingerprint density at radius 1 is 0.852 bits per heavy atom. The number of anilines is 1. The topological polar surface area (TPSA) is 90.5 Å². The lowest BCUT2D eigenvalue weighted by Crippen LogP contribution is -2.46. The average Bonchev–Trinajstić information content (AvgIpc) is 2.62. The molecule has 27 heavy (non-hydrogen) atoms. The molecule has 142 valence electrons. The van der Waals surface area contributed by atoms with E-state index in [0.717, 1.165) is 0 Å². The molecule has 0 aliphatic rings. The van der Waals surface area contributed by atoms with Crippen molar-refractivity contribution in [1.29, 1.82) is 0 Å². The number of nitrogens with zero attached hydrogens (tertiary/aromatic N) is 1. The van der Waals surface area contributed by atoms with Crippen molar-refractivity contribution in [3.63, 3.8) is 0 Å². The van der Waals surface area contributed by atoms with E-state index in [2.05, 4.69) is 16.2 Å². The Hall–Kier alpha value is -2.61. The van der Waals surface area contributed by atoms with Gasteiger partial charge in [-0.2, -0.15) is 0 Å². The maximum atomic E-state index is 12.0. The van der Waals surface area contributed by atoms with E-state index < -0.39 is 11.8 Å². The number of amides is 3. The van der Waals surface area contributed by atoms with Gasteiger partial charge in [0.25, 0.3) is 11.8 Å². The third-order valence-corrected chi connectivity index (χ3v) is 4.07. The van der Waals surface area contributed by atoms with Crippen LogP contribution in [0.25, 0.3) is 0 Å². The first-order chi connectivity index (χ1) is 12.9. The van der Waals surface area contributed by atoms with Crippen molar-refractivity contribution in [1.82, 2.24) is 15.8 Å². The standard InChI is InChI=1S/C18H18Cl2N4O3/c1-24(10-16(25)21-15-9-5-4-8-14(15)20)11-17(26)22-23-18(27)12-6-2-3-7-13(12)19/h2-9H,10-11H2,1H3,(H,21,25)(H,22,26)(H,23,27). The average molecular weight is 409 g/mol. The van der Waals surface area contributed by atoms with Crippen LogP contribution in [0, 0.1) is 0 Å². The first kappa shape index (κ1) is 20.7. The van der Waals surface area contributed by atoms with Gasteiger partial charge in [0.15, 0.2) is 0 Å². The zero-order chi connectivity index (χ0) is 19.8. The van der Waals surface area contributed by atoms with E-state index in [1.807, 2.05) is 0 Å². The van der Waals surface area contributed by atoms with E-state index in [4.69, 9.17) is 23.2 Å². The van der Waals surface area contributed by atoms with Gasteiger partial charge in [0.1, 0.15) is 0 Å². The van der Waals surface area contributed by atoms with Crippen molar-refractivity contribution in [2.24, 2.45) is 0 Å². The quantitative estimate of drug-likeness (QED) is 0.639. The van der Waals surface area contributed by atoms with E-state index in [-0.39, 0.29) is 29.6 Å². The van der Waals surface area contributed by atoms with Crippen molar-refractivity contribution in [2.75, 3.05) is 25.5 Å². The second-order valence-corrected chi connectivity index (χ2v) is 6.50. The first-order valence-electron chi connectivity index (χ1n) is 7.93. The molecule has 0 atom stereocenters. The minimum Gasteiger partial charge on any atom is -0.324 e. The van der Waals surface area contributed by atoms with Gasteiger partial charge in [0.2, 0.25) is 5.91 Å². The Morgan fingerprint density at radius 3 is 2.11 bits per heavy atom. The molecule has 2 aromatic rings. The molecule has 0 fully saturated rings. The molecule has 2 aromatic carbocycles. The molecule has 9 heteroatoms. The summed E-state index contributed by atoms with van der Waals surface area (Å²) in [5.74, 6) is -1.34. The number of rotatable bonds is 6. The summed E-state index contributed by atoms with van der Waals surface area (Å²) in [5.41, 5.74) is 5.29. The zero-order valence-electron chi connectivity index (χ0n) is 14.5. The highest BCUT2D eigenvalue weighted by Gasteiger charge is 2.14. The summed E-state index contributed by atoms with van der Waals surface area (Å²) in [6.45, 7) is -0.129. The number of halogens is 2. The van der Waals surface area contributed by atoms with Crippen molar-refractivity contribution >= 4 is 46.6 Å². The Morgan fingerprint density at radius 2 is 1.44 bits per heavy atom. The lowest BCUT2D eigenvalue weighted by Gasteiger charge is -2.16. The summed E-state index contributed by atoms with van der Waals surface area (Å²) in [6, 6.07) is 13.3. The van der Waals surface area contributed by atoms with Crippen molar-refractivity contribution in [3.05, 3.63) is 64.1 Å². The van der Waals surface area contributed by atoms with Crippen LogP contribution in [0.15, 0.2) is 48.5 Å². The van der Waals surface area contributed by atoms with Crippen LogP contribution in [-0.4, -0.2) is 42.8 Å². The van der Waals surface area contributed by atoms with E-state index >= 15 is 0 Å². The normalized spacial score (nSPS) is 10.4. The molecule has 0 heterocycles. The van der Waals surface area contributed by atoms with Gasteiger partial charge in [-0.15, -0.1) is 0 Å². The molecule has 0 unspecified atom stereocenters. The van der Waals surface area contributed by atoms with Crippen LogP contribution in [0.1, 0.15) is 10.4 Å². The van der Waals surface area contributed by atoms with Crippen LogP contribution >= 0.6 is 23.2 Å². The largest absolute Gasteiger partial charge is 0.324 e. The van der Waals surface area contributed by atoms with Crippen molar-refractivity contribution < 1.29 is 14.4 Å². The lowest BCUT2D eigenvalue weighted by molar-refractivity contribution is -0.123. The summed E-state index contributed by atoms with van der Waals surface area (Å²) in [5, 5.41) is 3.36. The third kappa shape index (κ3) is 6.56. The van der Waals surface area contributed by atoms with Crippen LogP contribution in [0.5, 0.6) is 0 Å². The molecule has 0 saturated heterocycles. The molecule has 0 aliphatic carbocycles. The van der Waals surface area contributed by atoms with E-state index in [9.17, 15) is 14.4 Å². The van der Waals surface area contributed by atoms with Crippen molar-refractivity contribution in [3.8, 4) is 0 Å². The summed E-state index contributed by atoms with van der Waals surface area (Å²) >= 11 is 11.9. The SMILES string of the molecule is CN(CC(=O)NNC(=O)c1ccccc1Cl)CC(=O)Nc1ccccc1Cl. The summed E-state index contributed by atoms with van der Waals surface area (Å²) < 4.78 is 0. The number of para-hydroxylation sites is 1. The number of nitrogens with one attached hydrogen (secondary N) is 3. The third-order valence-electron chi connectivity index (χ3n) is 3.41. The molecule has 0 aliphatic heterocycles. The van der Waals surface area contributed by atoms with Crippen LogP contribution < -0.4 is 16.2 Å². The summed E-state index contributed by atoms with van der Waals surface area (Å²) in [7, 11) is 1.60. The molecule has 3 N–H and O–H groups in total. The second-order valence-electron chi connectivity index (χ2n) is 5.68. The number of hydrogen-bond donors (Lipinski definition) is 3. The predicted molar refractivity (Wildman–Crippen MR) is 105 cm³/mol. The van der Waals surface area contributed by atoms with Gasteiger partial charge in [0.05, 0.1) is 34.4 Å². The number of carbonyl (C=O) groups is 3. The molecular formula is C18H18Cl2N4O3. The molecule has 0 bridgehead atoms. The Bertz CT molecular complexity index is 845. The van der Waals surface area contributed by atoms with Crippen LogP contribution in [0.2, 0.25) is 10.0 Å². The fourth-order valence-electron chi connectivity index (χ4n) is 2.18. The van der Waals surface area contributed by atoms with E-state index in [0.29, 0.717) is 10.7 Å². The molecular weight excluding hydrogens is 391 g/mol. The second kappa shape index (κ2) is 9.91. The van der Waals surface area contributed by atoms with Crippen LogP contribution in [0.4, 0.5) is 5.69 Å². The first-order valence-corrected chi connectivity index (χ1v) is 8.69. The number of hydrazine groups is 1. The summed E-state index contributed by atoms with van der Waals surface area (Å²) in [6.07, 6.45) is 0. The highest BCUT2D eigenvalue weighted by molar-refractivity contribution is 6.34. The Labute approximate surface area is 166 Å². The van der Waals surface area contributed by atoms with Gasteiger partial charge in [0, 0.05) is 0 Å². The number of hydrogen-bond acceptors (Lipinski definition) is 4. The monoisotopic (exact) mass is 408 g/mol. The minimum absolute atomic E-state index is 0.0307. The van der Waals surface area contributed by atoms with Gasteiger partial charge >= 0.3 is 0 Å². The minimum atomic E-state index is -0.534. The lowest BCUT2D eigenvalue weighted by atomic mass is 10.2. The fraction of sp³-hybridized carbons (Fsp3) is 0.167. The van der Waals surface area contributed by atoms with E-state index in [1.165, 1.54) is 11.0 Å². The van der Waals surface area contributed by atoms with Gasteiger partial charge in [-0.3, -0.25) is 30.1 Å². The Balaban J connectivity index is 1.76. The van der Waals surface area contributed by atoms with Crippen LogP contribution in [-0.2, 0) is 9.59 Å². The predicted octanol–water partition coefficient (Wildman–Crippen LogP) is 2.32. The smallest absolute Gasteiger partial charge is 0.271 e. The molecule has 0 radical (unpaired) electrons. The zero-order valence-corrected chi connectivity index (χ0v) is 16.0. The van der Waals surface area contributed by atoms with Gasteiger partial charge < -0.3 is 5.32 Å². The highest BCUT2D eigenvalue weighted by Crippen LogP contribution is 2.20. The van der Waals surface area contributed by atoms with Gasteiger partial charge in [-0.25, -0.2) is 0 Å². The maximum absolute atomic E-state index is 12.0. The van der Waals surface area contributed by atoms with Crippen molar-refractivity contribution in [2.45, 2.75) is 0 Å². The number of benzene rings is 2. The van der Waals surface area contributed by atoms with Gasteiger partial charge in [-0.05, 0) is 31.3 Å². The maximum Gasteiger partial charge on any atom is 0.271 e. The van der Waals surface area contributed by atoms with Gasteiger partial charge in [-0.1, -0.05) is 47.5 Å². The highest BCUT2D eigenvalue weighted by atomic mass is 35.5. The molecule has 0 spiro atoms. The molecule has 2 rings (SSSR count). The molecule has 0 aromatic heterocycles. The molecule has 0 saturated carbocycles.